The van der Waals surface area contributed by atoms with Crippen molar-refractivity contribution in [2.75, 3.05) is 6.54 Å². The van der Waals surface area contributed by atoms with Crippen LogP contribution in [0.25, 0.3) is 0 Å². The predicted molar refractivity (Wildman–Crippen MR) is 190 cm³/mol. The quantitative estimate of drug-likeness (QED) is 0.0371. The zero-order chi connectivity index (χ0) is 31.2. The van der Waals surface area contributed by atoms with Gasteiger partial charge < -0.3 is 5.73 Å². The van der Waals surface area contributed by atoms with Crippen molar-refractivity contribution in [3.8, 4) is 0 Å². The molecule has 0 bridgehead atoms. The Bertz CT molecular complexity index is 513. The minimum atomic E-state index is -0.255. The van der Waals surface area contributed by atoms with Crippen LogP contribution in [0, 0.1) is 0 Å². The van der Waals surface area contributed by atoms with Gasteiger partial charge in [0.05, 0.1) is 0 Å². The average Bonchev–Trinajstić information content (AvgIpc) is 3.02. The summed E-state index contributed by atoms with van der Waals surface area (Å²) in [5, 5.41) is 8.46. The Morgan fingerprint density at radius 3 is 0.651 bits per heavy atom. The average molecular weight is 609 g/mol. The molecule has 0 rings (SSSR count). The first-order valence-corrected chi connectivity index (χ1v) is 19.9. The Hall–Kier alpha value is -0.610. The smallest absolute Gasteiger partial charge is 0.243 e. The molecule has 0 aliphatic rings. The molecule has 43 heavy (non-hydrogen) atoms. The molecule has 258 valence electrons. The van der Waals surface area contributed by atoms with E-state index in [9.17, 15) is 4.79 Å². The van der Waals surface area contributed by atoms with Crippen molar-refractivity contribution in [3.05, 3.63) is 0 Å². The summed E-state index contributed by atoms with van der Waals surface area (Å²) in [6.07, 6.45) is 50.9. The number of hydrogen-bond donors (Lipinski definition) is 3. The molecule has 0 radical (unpaired) electrons. The van der Waals surface area contributed by atoms with Crippen LogP contribution in [0.5, 0.6) is 0 Å². The minimum Gasteiger partial charge on any atom is -0.330 e. The van der Waals surface area contributed by atoms with Crippen LogP contribution in [0.3, 0.4) is 0 Å². The molecule has 4 N–H and O–H groups in total. The van der Waals surface area contributed by atoms with Crippen LogP contribution in [-0.2, 0) is 4.79 Å². The fourth-order valence-corrected chi connectivity index (χ4v) is 6.50. The molecule has 4 heteroatoms. The van der Waals surface area contributed by atoms with E-state index in [1.165, 1.54) is 218 Å². The van der Waals surface area contributed by atoms with Gasteiger partial charge in [0.2, 0.25) is 5.91 Å². The monoisotopic (exact) mass is 609 g/mol. The van der Waals surface area contributed by atoms with Crippen molar-refractivity contribution < 1.29 is 10.0 Å². The summed E-state index contributed by atoms with van der Waals surface area (Å²) in [5.74, 6) is -0.255. The van der Waals surface area contributed by atoms with Gasteiger partial charge in [-0.05, 0) is 19.4 Å². The summed E-state index contributed by atoms with van der Waals surface area (Å²) in [6.45, 7) is 0.868. The van der Waals surface area contributed by atoms with Crippen molar-refractivity contribution >= 4 is 5.91 Å². The van der Waals surface area contributed by atoms with Crippen LogP contribution >= 0.6 is 0 Å². The van der Waals surface area contributed by atoms with E-state index < -0.39 is 0 Å². The number of amides is 1. The van der Waals surface area contributed by atoms with E-state index in [2.05, 4.69) is 0 Å². The molecule has 0 aliphatic heterocycles. The van der Waals surface area contributed by atoms with Crippen LogP contribution in [-0.4, -0.2) is 17.7 Å². The van der Waals surface area contributed by atoms with E-state index in [0.717, 1.165) is 19.4 Å². The fraction of sp³-hybridized carbons (Fsp3) is 0.974. The second-order valence-corrected chi connectivity index (χ2v) is 13.8. The number of rotatable bonds is 38. The van der Waals surface area contributed by atoms with E-state index in [-0.39, 0.29) is 5.91 Å². The molecule has 0 aromatic carbocycles. The molecule has 0 saturated carbocycles. The summed E-state index contributed by atoms with van der Waals surface area (Å²) in [5.41, 5.74) is 7.25. The lowest BCUT2D eigenvalue weighted by Crippen LogP contribution is -2.17. The Morgan fingerprint density at radius 2 is 0.488 bits per heavy atom. The number of hydroxylamine groups is 1. The third kappa shape index (κ3) is 39.4. The second kappa shape index (κ2) is 39.4. The Balaban J connectivity index is 3.04. The zero-order valence-corrected chi connectivity index (χ0v) is 29.3. The maximum absolute atomic E-state index is 10.9. The molecular weight excluding hydrogens is 528 g/mol. The molecule has 4 nitrogen and oxygen atoms in total. The maximum atomic E-state index is 10.9. The zero-order valence-electron chi connectivity index (χ0n) is 29.3. The molecular formula is C39H80N2O2. The van der Waals surface area contributed by atoms with Gasteiger partial charge in [-0.15, -0.1) is 0 Å². The van der Waals surface area contributed by atoms with Crippen LogP contribution in [0.4, 0.5) is 0 Å². The molecule has 1 amide bonds. The van der Waals surface area contributed by atoms with E-state index in [0.29, 0.717) is 6.42 Å². The van der Waals surface area contributed by atoms with Crippen LogP contribution in [0.2, 0.25) is 0 Å². The van der Waals surface area contributed by atoms with Gasteiger partial charge in [0.1, 0.15) is 0 Å². The summed E-state index contributed by atoms with van der Waals surface area (Å²) >= 11 is 0. The Morgan fingerprint density at radius 1 is 0.326 bits per heavy atom. The van der Waals surface area contributed by atoms with Gasteiger partial charge in [0.25, 0.3) is 0 Å². The number of carbonyl (C=O) groups is 1. The third-order valence-corrected chi connectivity index (χ3v) is 9.48. The summed E-state index contributed by atoms with van der Waals surface area (Å²) in [7, 11) is 0. The topological polar surface area (TPSA) is 75.4 Å². The standard InChI is InChI=1S/C39H80N2O2/c40-38-36-34-32-30-28-26-24-22-20-18-16-14-12-10-8-6-4-2-1-3-5-7-9-11-13-15-17-19-21-23-25-27-29-31-33-35-37-39(42)41-43/h43H,1-38,40H2,(H,41,42). The molecule has 0 atom stereocenters. The normalized spacial score (nSPS) is 11.4. The largest absolute Gasteiger partial charge is 0.330 e. The van der Waals surface area contributed by atoms with Gasteiger partial charge in [-0.1, -0.05) is 218 Å². The van der Waals surface area contributed by atoms with Crippen molar-refractivity contribution in [2.45, 2.75) is 238 Å². The van der Waals surface area contributed by atoms with Crippen LogP contribution in [0.15, 0.2) is 0 Å². The molecule has 0 unspecified atom stereocenters. The van der Waals surface area contributed by atoms with Gasteiger partial charge in [0, 0.05) is 6.42 Å². The fourth-order valence-electron chi connectivity index (χ4n) is 6.50. The van der Waals surface area contributed by atoms with Gasteiger partial charge in [-0.3, -0.25) is 10.0 Å². The first-order valence-electron chi connectivity index (χ1n) is 19.9. The number of unbranched alkanes of at least 4 members (excludes halogenated alkanes) is 35. The maximum Gasteiger partial charge on any atom is 0.243 e. The lowest BCUT2D eigenvalue weighted by molar-refractivity contribution is -0.129. The molecule has 0 aromatic rings. The molecule has 0 saturated heterocycles. The van der Waals surface area contributed by atoms with Crippen LogP contribution in [0.1, 0.15) is 238 Å². The molecule has 0 heterocycles. The lowest BCUT2D eigenvalue weighted by Gasteiger charge is -2.05. The second-order valence-electron chi connectivity index (χ2n) is 13.8. The van der Waals surface area contributed by atoms with Gasteiger partial charge >= 0.3 is 0 Å². The summed E-state index contributed by atoms with van der Waals surface area (Å²) in [4.78, 5) is 10.9. The highest BCUT2D eigenvalue weighted by Crippen LogP contribution is 2.17. The van der Waals surface area contributed by atoms with E-state index >= 15 is 0 Å². The number of carbonyl (C=O) groups excluding carboxylic acids is 1. The number of nitrogens with two attached hydrogens (primary N) is 1. The highest BCUT2D eigenvalue weighted by atomic mass is 16.5. The Labute approximate surface area is 270 Å². The first kappa shape index (κ1) is 42.4. The number of hydrogen-bond acceptors (Lipinski definition) is 3. The van der Waals surface area contributed by atoms with Crippen molar-refractivity contribution in [3.63, 3.8) is 0 Å². The molecule has 0 aliphatic carbocycles. The van der Waals surface area contributed by atoms with Crippen molar-refractivity contribution in [1.82, 2.24) is 5.48 Å². The SMILES string of the molecule is NCCCCCCCCCCCCCCCCCCCCCCCCCCCCCCCCCCCCCCC(=O)NO. The minimum absolute atomic E-state index is 0.255. The van der Waals surface area contributed by atoms with E-state index in [4.69, 9.17) is 10.9 Å². The Kier molecular flexibility index (Phi) is 38.9. The highest BCUT2D eigenvalue weighted by Gasteiger charge is 1.99. The van der Waals surface area contributed by atoms with Gasteiger partial charge in [0.15, 0.2) is 0 Å². The highest BCUT2D eigenvalue weighted by molar-refractivity contribution is 5.74. The van der Waals surface area contributed by atoms with Gasteiger partial charge in [-0.25, -0.2) is 5.48 Å². The van der Waals surface area contributed by atoms with E-state index in [1.807, 2.05) is 0 Å². The first-order chi connectivity index (χ1) is 21.3. The number of nitrogens with one attached hydrogen (secondary N) is 1. The summed E-state index contributed by atoms with van der Waals surface area (Å²) in [6, 6.07) is 0. The third-order valence-electron chi connectivity index (χ3n) is 9.48. The van der Waals surface area contributed by atoms with Crippen molar-refractivity contribution in [1.29, 1.82) is 0 Å². The van der Waals surface area contributed by atoms with Gasteiger partial charge in [-0.2, -0.15) is 0 Å². The van der Waals surface area contributed by atoms with Crippen LogP contribution < -0.4 is 11.2 Å². The summed E-state index contributed by atoms with van der Waals surface area (Å²) < 4.78 is 0. The molecule has 0 spiro atoms. The predicted octanol–water partition coefficient (Wildman–Crippen LogP) is 12.9. The lowest BCUT2D eigenvalue weighted by atomic mass is 10.0. The van der Waals surface area contributed by atoms with E-state index in [1.54, 1.807) is 5.48 Å². The molecule has 0 fully saturated rings. The molecule has 0 aromatic heterocycles. The van der Waals surface area contributed by atoms with Crippen molar-refractivity contribution in [2.24, 2.45) is 5.73 Å².